The van der Waals surface area contributed by atoms with Gasteiger partial charge in [-0.3, -0.25) is 14.4 Å². The fraction of sp³-hybridized carbons (Fsp3) is 0.750. The molecule has 6 heteroatoms. The summed E-state index contributed by atoms with van der Waals surface area (Å²) in [5, 5.41) is 14.1. The summed E-state index contributed by atoms with van der Waals surface area (Å²) >= 11 is 0. The van der Waals surface area contributed by atoms with Crippen LogP contribution in [-0.4, -0.2) is 35.5 Å². The van der Waals surface area contributed by atoms with Crippen molar-refractivity contribution in [2.45, 2.75) is 46.6 Å². The molecule has 0 radical (unpaired) electrons. The van der Waals surface area contributed by atoms with Crippen LogP contribution in [0, 0.1) is 5.41 Å². The number of hydrogen-bond donors (Lipinski definition) is 3. The van der Waals surface area contributed by atoms with Gasteiger partial charge >= 0.3 is 5.97 Å². The van der Waals surface area contributed by atoms with Gasteiger partial charge in [0.05, 0.1) is 5.41 Å². The van der Waals surface area contributed by atoms with E-state index in [0.29, 0.717) is 0 Å². The second-order valence-corrected chi connectivity index (χ2v) is 5.19. The summed E-state index contributed by atoms with van der Waals surface area (Å²) in [4.78, 5) is 33.5. The van der Waals surface area contributed by atoms with Crippen molar-refractivity contribution in [3.63, 3.8) is 0 Å². The molecule has 0 saturated carbocycles. The topological polar surface area (TPSA) is 95.5 Å². The summed E-state index contributed by atoms with van der Waals surface area (Å²) in [6.07, 6.45) is 0.0888. The number of carboxylic acid groups (broad SMARTS) is 1. The van der Waals surface area contributed by atoms with Crippen LogP contribution in [0.2, 0.25) is 0 Å². The third-order valence-corrected chi connectivity index (χ3v) is 2.31. The van der Waals surface area contributed by atoms with Gasteiger partial charge in [0.1, 0.15) is 0 Å². The van der Waals surface area contributed by atoms with E-state index in [1.807, 2.05) is 13.8 Å². The Morgan fingerprint density at radius 1 is 1.17 bits per heavy atom. The van der Waals surface area contributed by atoms with Gasteiger partial charge in [-0.2, -0.15) is 0 Å². The number of carbonyl (C=O) groups is 3. The molecule has 3 N–H and O–H groups in total. The fourth-order valence-electron chi connectivity index (χ4n) is 1.25. The lowest BCUT2D eigenvalue weighted by Gasteiger charge is -2.18. The average Bonchev–Trinajstić information content (AvgIpc) is 2.14. The number of rotatable bonds is 7. The van der Waals surface area contributed by atoms with E-state index >= 15 is 0 Å². The van der Waals surface area contributed by atoms with Crippen LogP contribution < -0.4 is 10.6 Å². The van der Waals surface area contributed by atoms with Crippen molar-refractivity contribution < 1.29 is 19.5 Å². The third kappa shape index (κ3) is 6.88. The molecule has 0 aromatic heterocycles. The Labute approximate surface area is 107 Å². The minimum atomic E-state index is -1.09. The summed E-state index contributed by atoms with van der Waals surface area (Å²) in [7, 11) is 0. The van der Waals surface area contributed by atoms with Crippen molar-refractivity contribution in [3.05, 3.63) is 0 Å². The molecule has 0 aliphatic rings. The SMILES string of the molecule is CC(C)NC(=O)CCNC(=O)CC(C)(C)C(=O)O. The zero-order valence-corrected chi connectivity index (χ0v) is 11.4. The second kappa shape index (κ2) is 6.98. The zero-order valence-electron chi connectivity index (χ0n) is 11.4. The molecule has 0 rings (SSSR count). The molecule has 0 heterocycles. The number of hydrogen-bond acceptors (Lipinski definition) is 3. The molecule has 0 bridgehead atoms. The Morgan fingerprint density at radius 2 is 1.72 bits per heavy atom. The highest BCUT2D eigenvalue weighted by atomic mass is 16.4. The number of nitrogens with one attached hydrogen (secondary N) is 2. The molecule has 0 aromatic rings. The minimum absolute atomic E-state index is 0.0687. The van der Waals surface area contributed by atoms with Gasteiger partial charge in [-0.25, -0.2) is 0 Å². The lowest BCUT2D eigenvalue weighted by molar-refractivity contribution is -0.149. The molecule has 0 aliphatic carbocycles. The molecule has 6 nitrogen and oxygen atoms in total. The van der Waals surface area contributed by atoms with E-state index in [1.54, 1.807) is 0 Å². The summed E-state index contributed by atoms with van der Waals surface area (Å²) in [5.41, 5.74) is -1.09. The summed E-state index contributed by atoms with van der Waals surface area (Å²) in [6.45, 7) is 6.89. The Morgan fingerprint density at radius 3 is 2.17 bits per heavy atom. The van der Waals surface area contributed by atoms with Gasteiger partial charge in [0, 0.05) is 25.4 Å². The number of amides is 2. The van der Waals surface area contributed by atoms with E-state index in [2.05, 4.69) is 10.6 Å². The fourth-order valence-corrected chi connectivity index (χ4v) is 1.25. The lowest BCUT2D eigenvalue weighted by Crippen LogP contribution is -2.36. The van der Waals surface area contributed by atoms with Gasteiger partial charge in [0.15, 0.2) is 0 Å². The molecular weight excluding hydrogens is 236 g/mol. The maximum atomic E-state index is 11.5. The first kappa shape index (κ1) is 16.4. The monoisotopic (exact) mass is 258 g/mol. The number of carbonyl (C=O) groups excluding carboxylic acids is 2. The maximum absolute atomic E-state index is 11.5. The Balaban J connectivity index is 3.92. The van der Waals surface area contributed by atoms with Crippen molar-refractivity contribution >= 4 is 17.8 Å². The van der Waals surface area contributed by atoms with Crippen LogP contribution in [0.3, 0.4) is 0 Å². The van der Waals surface area contributed by atoms with Crippen molar-refractivity contribution in [1.29, 1.82) is 0 Å². The first-order chi connectivity index (χ1) is 8.15. The van der Waals surface area contributed by atoms with Crippen molar-refractivity contribution in [2.75, 3.05) is 6.54 Å². The van der Waals surface area contributed by atoms with Crippen LogP contribution in [0.25, 0.3) is 0 Å². The van der Waals surface area contributed by atoms with E-state index in [-0.39, 0.29) is 37.2 Å². The highest BCUT2D eigenvalue weighted by Gasteiger charge is 2.29. The lowest BCUT2D eigenvalue weighted by atomic mass is 9.89. The summed E-state index contributed by atoms with van der Waals surface area (Å²) in [6, 6.07) is 0.0687. The predicted molar refractivity (Wildman–Crippen MR) is 66.9 cm³/mol. The molecule has 2 amide bonds. The summed E-state index contributed by atoms with van der Waals surface area (Å²) in [5.74, 6) is -1.52. The quantitative estimate of drug-likeness (QED) is 0.620. The molecule has 0 atom stereocenters. The minimum Gasteiger partial charge on any atom is -0.481 e. The van der Waals surface area contributed by atoms with Gasteiger partial charge < -0.3 is 15.7 Å². The van der Waals surface area contributed by atoms with Gasteiger partial charge in [0.25, 0.3) is 0 Å². The number of carboxylic acids is 1. The van der Waals surface area contributed by atoms with Crippen LogP contribution >= 0.6 is 0 Å². The standard InChI is InChI=1S/C12H22N2O4/c1-8(2)14-9(15)5-6-13-10(16)7-12(3,4)11(17)18/h8H,5-7H2,1-4H3,(H,13,16)(H,14,15)(H,17,18). The van der Waals surface area contributed by atoms with Crippen LogP contribution in [0.5, 0.6) is 0 Å². The van der Waals surface area contributed by atoms with Crippen molar-refractivity contribution in [1.82, 2.24) is 10.6 Å². The van der Waals surface area contributed by atoms with Crippen LogP contribution in [0.4, 0.5) is 0 Å². The third-order valence-electron chi connectivity index (χ3n) is 2.31. The smallest absolute Gasteiger partial charge is 0.309 e. The van der Waals surface area contributed by atoms with Crippen LogP contribution in [0.15, 0.2) is 0 Å². The van der Waals surface area contributed by atoms with E-state index in [1.165, 1.54) is 13.8 Å². The molecule has 0 unspecified atom stereocenters. The highest BCUT2D eigenvalue weighted by Crippen LogP contribution is 2.19. The van der Waals surface area contributed by atoms with Crippen LogP contribution in [0.1, 0.15) is 40.5 Å². The first-order valence-electron chi connectivity index (χ1n) is 5.94. The van der Waals surface area contributed by atoms with Crippen molar-refractivity contribution in [3.8, 4) is 0 Å². The molecule has 0 aliphatic heterocycles. The van der Waals surface area contributed by atoms with Gasteiger partial charge in [-0.1, -0.05) is 0 Å². The molecule has 0 saturated heterocycles. The van der Waals surface area contributed by atoms with Gasteiger partial charge in [-0.15, -0.1) is 0 Å². The molecule has 0 fully saturated rings. The van der Waals surface area contributed by atoms with E-state index in [4.69, 9.17) is 5.11 Å². The maximum Gasteiger partial charge on any atom is 0.309 e. The Bertz CT molecular complexity index is 324. The average molecular weight is 258 g/mol. The zero-order chi connectivity index (χ0) is 14.3. The molecule has 104 valence electrons. The van der Waals surface area contributed by atoms with Crippen LogP contribution in [-0.2, 0) is 14.4 Å². The van der Waals surface area contributed by atoms with Gasteiger partial charge in [-0.05, 0) is 27.7 Å². The highest BCUT2D eigenvalue weighted by molar-refractivity contribution is 5.84. The Kier molecular flexibility index (Phi) is 6.36. The molecular formula is C12H22N2O4. The van der Waals surface area contributed by atoms with E-state index in [0.717, 1.165) is 0 Å². The molecule has 18 heavy (non-hydrogen) atoms. The summed E-state index contributed by atoms with van der Waals surface area (Å²) < 4.78 is 0. The normalized spacial score (nSPS) is 11.2. The first-order valence-corrected chi connectivity index (χ1v) is 5.94. The largest absolute Gasteiger partial charge is 0.481 e. The van der Waals surface area contributed by atoms with E-state index in [9.17, 15) is 14.4 Å². The second-order valence-electron chi connectivity index (χ2n) is 5.19. The van der Waals surface area contributed by atoms with Crippen molar-refractivity contribution in [2.24, 2.45) is 5.41 Å². The molecule has 0 spiro atoms. The van der Waals surface area contributed by atoms with E-state index < -0.39 is 11.4 Å². The molecule has 0 aromatic carbocycles. The Hall–Kier alpha value is -1.59. The van der Waals surface area contributed by atoms with Gasteiger partial charge in [0.2, 0.25) is 11.8 Å². The predicted octanol–water partition coefficient (Wildman–Crippen LogP) is 0.518. The number of aliphatic carboxylic acids is 1.